The van der Waals surface area contributed by atoms with Gasteiger partial charge in [0.1, 0.15) is 12.4 Å². The van der Waals surface area contributed by atoms with E-state index in [1.807, 2.05) is 39.8 Å². The number of aryl methyl sites for hydroxylation is 5. The summed E-state index contributed by atoms with van der Waals surface area (Å²) in [6, 6.07) is 9.09. The lowest BCUT2D eigenvalue weighted by Crippen LogP contribution is -2.32. The molecule has 0 aliphatic rings. The Morgan fingerprint density at radius 1 is 1.08 bits per heavy atom. The SMILES string of the molecule is COc1nc2ccc([C@@](O)(c3ccc(C)nc3C)c3cnnn3C)cc2c(Cl)c1OCc1c(C)noc1C. The second-order valence-corrected chi connectivity index (χ2v) is 9.50. The number of methoxy groups -OCH3 is 1. The van der Waals surface area contributed by atoms with Gasteiger partial charge in [0.25, 0.3) is 5.88 Å². The van der Waals surface area contributed by atoms with Crippen LogP contribution in [0, 0.1) is 27.7 Å². The smallest absolute Gasteiger partial charge is 0.258 e. The summed E-state index contributed by atoms with van der Waals surface area (Å²) in [6.45, 7) is 7.59. The van der Waals surface area contributed by atoms with E-state index in [0.717, 1.165) is 17.0 Å². The maximum absolute atomic E-state index is 12.4. The normalized spacial score (nSPS) is 13.1. The van der Waals surface area contributed by atoms with Crippen molar-refractivity contribution in [2.24, 2.45) is 7.05 Å². The average Bonchev–Trinajstić information content (AvgIpc) is 3.47. The Balaban J connectivity index is 1.68. The Bertz CT molecular complexity index is 1640. The summed E-state index contributed by atoms with van der Waals surface area (Å²) in [5.74, 6) is 1.18. The van der Waals surface area contributed by atoms with Crippen LogP contribution in [0.2, 0.25) is 5.02 Å². The van der Waals surface area contributed by atoms with Crippen molar-refractivity contribution in [3.05, 3.63) is 86.8 Å². The molecule has 1 aromatic carbocycles. The number of benzene rings is 1. The lowest BCUT2D eigenvalue weighted by molar-refractivity contribution is 0.115. The van der Waals surface area contributed by atoms with Gasteiger partial charge in [-0.2, -0.15) is 0 Å². The van der Waals surface area contributed by atoms with Crippen LogP contribution in [0.4, 0.5) is 0 Å². The van der Waals surface area contributed by atoms with Gasteiger partial charge >= 0.3 is 0 Å². The molecule has 0 radical (unpaired) electrons. The summed E-state index contributed by atoms with van der Waals surface area (Å²) in [7, 11) is 3.23. The van der Waals surface area contributed by atoms with Crippen molar-refractivity contribution in [2.75, 3.05) is 7.11 Å². The number of nitrogens with zero attached hydrogens (tertiary/aromatic N) is 6. The molecule has 0 unspecified atom stereocenters. The van der Waals surface area contributed by atoms with E-state index >= 15 is 0 Å². The number of ether oxygens (including phenoxy) is 2. The first kappa shape index (κ1) is 25.6. The van der Waals surface area contributed by atoms with E-state index in [1.54, 1.807) is 25.2 Å². The zero-order valence-corrected chi connectivity index (χ0v) is 22.7. The van der Waals surface area contributed by atoms with E-state index in [4.69, 9.17) is 25.6 Å². The van der Waals surface area contributed by atoms with Crippen LogP contribution in [-0.4, -0.2) is 42.3 Å². The summed E-state index contributed by atoms with van der Waals surface area (Å²) in [4.78, 5) is 9.20. The van der Waals surface area contributed by atoms with Crippen LogP contribution >= 0.6 is 11.6 Å². The van der Waals surface area contributed by atoms with E-state index in [0.29, 0.717) is 44.2 Å². The van der Waals surface area contributed by atoms with Gasteiger partial charge < -0.3 is 19.1 Å². The highest BCUT2D eigenvalue weighted by molar-refractivity contribution is 6.37. The van der Waals surface area contributed by atoms with Crippen LogP contribution < -0.4 is 9.47 Å². The van der Waals surface area contributed by atoms with E-state index in [-0.39, 0.29) is 18.2 Å². The third-order valence-corrected chi connectivity index (χ3v) is 7.08. The Kier molecular flexibility index (Phi) is 6.54. The fourth-order valence-corrected chi connectivity index (χ4v) is 4.94. The van der Waals surface area contributed by atoms with Gasteiger partial charge in [0.15, 0.2) is 5.60 Å². The first-order valence-corrected chi connectivity index (χ1v) is 12.3. The van der Waals surface area contributed by atoms with Crippen LogP contribution in [0.15, 0.2) is 41.1 Å². The molecule has 5 aromatic rings. The highest BCUT2D eigenvalue weighted by atomic mass is 35.5. The molecule has 0 aliphatic carbocycles. The van der Waals surface area contributed by atoms with E-state index < -0.39 is 5.60 Å². The Morgan fingerprint density at radius 2 is 1.87 bits per heavy atom. The molecule has 0 saturated carbocycles. The molecule has 4 aromatic heterocycles. The molecule has 0 saturated heterocycles. The minimum absolute atomic E-state index is 0.170. The van der Waals surface area contributed by atoms with Gasteiger partial charge in [0, 0.05) is 29.4 Å². The molecule has 38 heavy (non-hydrogen) atoms. The highest BCUT2D eigenvalue weighted by Gasteiger charge is 2.39. The van der Waals surface area contributed by atoms with Gasteiger partial charge in [0.05, 0.1) is 40.8 Å². The number of aliphatic hydroxyl groups is 1. The second kappa shape index (κ2) is 9.70. The Labute approximate surface area is 224 Å². The van der Waals surface area contributed by atoms with Crippen molar-refractivity contribution in [3.8, 4) is 11.6 Å². The zero-order valence-electron chi connectivity index (χ0n) is 21.9. The highest BCUT2D eigenvalue weighted by Crippen LogP contribution is 2.43. The summed E-state index contributed by atoms with van der Waals surface area (Å²) in [5.41, 5.74) is 3.62. The van der Waals surface area contributed by atoms with E-state index in [2.05, 4.69) is 25.4 Å². The standard InChI is InChI=1S/C27H27ClN6O4/c1-14-7-9-21(16(3)30-14)27(35,23-12-29-33-34(23)5)18-8-10-22-19(11-18)24(28)25(26(31-22)36-6)37-13-20-15(2)32-38-17(20)4/h7-12,35H,13H2,1-6H3/t27-/m1/s1. The van der Waals surface area contributed by atoms with Crippen LogP contribution in [0.3, 0.4) is 0 Å². The molecule has 1 atom stereocenters. The van der Waals surface area contributed by atoms with Crippen LogP contribution in [-0.2, 0) is 19.3 Å². The molecular formula is C27H27ClN6O4. The van der Waals surface area contributed by atoms with Gasteiger partial charge in [-0.3, -0.25) is 4.98 Å². The van der Waals surface area contributed by atoms with Crippen molar-refractivity contribution in [1.29, 1.82) is 0 Å². The van der Waals surface area contributed by atoms with Crippen molar-refractivity contribution >= 4 is 22.5 Å². The quantitative estimate of drug-likeness (QED) is 0.321. The topological polar surface area (TPSA) is 121 Å². The monoisotopic (exact) mass is 534 g/mol. The van der Waals surface area contributed by atoms with Crippen LogP contribution in [0.25, 0.3) is 10.9 Å². The van der Waals surface area contributed by atoms with Crippen molar-refractivity contribution in [1.82, 2.24) is 30.1 Å². The molecular weight excluding hydrogens is 508 g/mol. The van der Waals surface area contributed by atoms with Crippen molar-refractivity contribution in [3.63, 3.8) is 0 Å². The van der Waals surface area contributed by atoms with Gasteiger partial charge in [-0.1, -0.05) is 34.1 Å². The number of halogens is 1. The fraction of sp³-hybridized carbons (Fsp3) is 0.296. The first-order chi connectivity index (χ1) is 18.1. The lowest BCUT2D eigenvalue weighted by Gasteiger charge is -2.30. The zero-order chi connectivity index (χ0) is 27.2. The van der Waals surface area contributed by atoms with Gasteiger partial charge in [-0.25, -0.2) is 9.67 Å². The summed E-state index contributed by atoms with van der Waals surface area (Å²) in [6.07, 6.45) is 1.54. The molecule has 4 heterocycles. The summed E-state index contributed by atoms with van der Waals surface area (Å²) < 4.78 is 18.4. The molecule has 10 nitrogen and oxygen atoms in total. The maximum Gasteiger partial charge on any atom is 0.258 e. The Morgan fingerprint density at radius 3 is 2.50 bits per heavy atom. The molecule has 1 N–H and O–H groups in total. The second-order valence-electron chi connectivity index (χ2n) is 9.13. The number of fused-ring (bicyclic) bond motifs is 1. The molecule has 196 valence electrons. The first-order valence-electron chi connectivity index (χ1n) is 11.9. The fourth-order valence-electron chi connectivity index (χ4n) is 4.65. The number of hydrogen-bond acceptors (Lipinski definition) is 9. The third-order valence-electron chi connectivity index (χ3n) is 6.70. The lowest BCUT2D eigenvalue weighted by atomic mass is 9.82. The molecule has 5 rings (SSSR count). The number of pyridine rings is 2. The molecule has 0 amide bonds. The molecule has 11 heteroatoms. The molecule has 0 spiro atoms. The number of hydrogen-bond donors (Lipinski definition) is 1. The van der Waals surface area contributed by atoms with Gasteiger partial charge in [-0.15, -0.1) is 5.10 Å². The third kappa shape index (κ3) is 4.15. The molecule has 0 bridgehead atoms. The van der Waals surface area contributed by atoms with Crippen LogP contribution in [0.5, 0.6) is 11.6 Å². The van der Waals surface area contributed by atoms with Crippen molar-refractivity contribution < 1.29 is 19.1 Å². The predicted molar refractivity (Wildman–Crippen MR) is 140 cm³/mol. The van der Waals surface area contributed by atoms with E-state index in [9.17, 15) is 5.11 Å². The van der Waals surface area contributed by atoms with Crippen LogP contribution in [0.1, 0.15) is 45.2 Å². The van der Waals surface area contributed by atoms with Gasteiger partial charge in [-0.05, 0) is 51.5 Å². The largest absolute Gasteiger partial charge is 0.482 e. The Hall–Kier alpha value is -4.02. The minimum Gasteiger partial charge on any atom is -0.482 e. The average molecular weight is 535 g/mol. The molecule has 0 fully saturated rings. The maximum atomic E-state index is 12.4. The van der Waals surface area contributed by atoms with Crippen molar-refractivity contribution in [2.45, 2.75) is 39.9 Å². The van der Waals surface area contributed by atoms with E-state index in [1.165, 1.54) is 18.0 Å². The summed E-state index contributed by atoms with van der Waals surface area (Å²) >= 11 is 6.91. The minimum atomic E-state index is -1.63. The van der Waals surface area contributed by atoms with Gasteiger partial charge in [0.2, 0.25) is 5.75 Å². The predicted octanol–water partition coefficient (Wildman–Crippen LogP) is 4.51. The number of aromatic nitrogens is 6. The summed E-state index contributed by atoms with van der Waals surface area (Å²) in [5, 5.41) is 25.3. The number of rotatable bonds is 7. The molecule has 0 aliphatic heterocycles.